The molecule has 0 aliphatic heterocycles. The van der Waals surface area contributed by atoms with Gasteiger partial charge in [0.2, 0.25) is 0 Å². The van der Waals surface area contributed by atoms with Crippen LogP contribution in [0.2, 0.25) is 5.02 Å². The summed E-state index contributed by atoms with van der Waals surface area (Å²) in [6, 6.07) is 8.00. The van der Waals surface area contributed by atoms with Crippen molar-refractivity contribution in [2.45, 2.75) is 19.4 Å². The molecule has 1 N–H and O–H groups in total. The van der Waals surface area contributed by atoms with Crippen LogP contribution >= 0.6 is 11.6 Å². The lowest BCUT2D eigenvalue weighted by molar-refractivity contribution is 0.176. The van der Waals surface area contributed by atoms with Gasteiger partial charge in [-0.15, -0.1) is 0 Å². The maximum absolute atomic E-state index is 13.6. The number of nitrogens with zero attached hydrogens (tertiary/aromatic N) is 1. The summed E-state index contributed by atoms with van der Waals surface area (Å²) in [5.74, 6) is -0.400. The van der Waals surface area contributed by atoms with Crippen molar-refractivity contribution < 1.29 is 9.50 Å². The van der Waals surface area contributed by atoms with Gasteiger partial charge in [-0.3, -0.25) is 4.98 Å². The van der Waals surface area contributed by atoms with Gasteiger partial charge in [0.05, 0.1) is 6.10 Å². The zero-order chi connectivity index (χ0) is 13.1. The molecular formula is C14H13ClFNO. The summed E-state index contributed by atoms with van der Waals surface area (Å²) >= 11 is 5.68. The lowest BCUT2D eigenvalue weighted by Crippen LogP contribution is -2.06. The van der Waals surface area contributed by atoms with E-state index in [0.29, 0.717) is 16.1 Å². The van der Waals surface area contributed by atoms with Crippen LogP contribution in [0.1, 0.15) is 22.9 Å². The van der Waals surface area contributed by atoms with Gasteiger partial charge < -0.3 is 5.11 Å². The van der Waals surface area contributed by atoms with Gasteiger partial charge in [0, 0.05) is 28.9 Å². The molecule has 1 aromatic carbocycles. The average molecular weight is 266 g/mol. The molecule has 2 rings (SSSR count). The van der Waals surface area contributed by atoms with Crippen LogP contribution in [0.3, 0.4) is 0 Å². The zero-order valence-electron chi connectivity index (χ0n) is 9.90. The van der Waals surface area contributed by atoms with E-state index in [1.807, 2.05) is 6.92 Å². The molecule has 18 heavy (non-hydrogen) atoms. The fraction of sp³-hybridized carbons (Fsp3) is 0.214. The van der Waals surface area contributed by atoms with Crippen molar-refractivity contribution >= 4 is 11.6 Å². The summed E-state index contributed by atoms with van der Waals surface area (Å²) < 4.78 is 13.6. The molecule has 1 heterocycles. The first-order valence-corrected chi connectivity index (χ1v) is 5.99. The lowest BCUT2D eigenvalue weighted by Gasteiger charge is -2.13. The summed E-state index contributed by atoms with van der Waals surface area (Å²) in [7, 11) is 0. The van der Waals surface area contributed by atoms with Gasteiger partial charge in [0.15, 0.2) is 0 Å². The first kappa shape index (κ1) is 13.0. The molecular weight excluding hydrogens is 253 g/mol. The minimum atomic E-state index is -0.769. The fourth-order valence-electron chi connectivity index (χ4n) is 1.85. The Morgan fingerprint density at radius 1 is 1.39 bits per heavy atom. The predicted octanol–water partition coefficient (Wildman–Crippen LogP) is 3.46. The number of pyridine rings is 1. The molecule has 0 fully saturated rings. The van der Waals surface area contributed by atoms with Gasteiger partial charge >= 0.3 is 0 Å². The lowest BCUT2D eigenvalue weighted by atomic mass is 10.0. The van der Waals surface area contributed by atoms with E-state index in [0.717, 1.165) is 5.69 Å². The van der Waals surface area contributed by atoms with Crippen molar-refractivity contribution in [3.05, 3.63) is 64.2 Å². The van der Waals surface area contributed by atoms with Crippen LogP contribution in [0, 0.1) is 12.7 Å². The van der Waals surface area contributed by atoms with Crippen LogP contribution in [0.25, 0.3) is 0 Å². The molecule has 0 saturated carbocycles. The Balaban J connectivity index is 2.21. The Labute approximate surface area is 110 Å². The van der Waals surface area contributed by atoms with E-state index in [1.54, 1.807) is 30.5 Å². The van der Waals surface area contributed by atoms with E-state index in [2.05, 4.69) is 4.98 Å². The Morgan fingerprint density at radius 3 is 2.83 bits per heavy atom. The Kier molecular flexibility index (Phi) is 3.94. The van der Waals surface area contributed by atoms with Gasteiger partial charge in [-0.05, 0) is 30.7 Å². The molecule has 0 radical (unpaired) electrons. The number of hydrogen-bond acceptors (Lipinski definition) is 2. The highest BCUT2D eigenvalue weighted by molar-refractivity contribution is 6.30. The number of hydrogen-bond donors (Lipinski definition) is 1. The third-order valence-electron chi connectivity index (χ3n) is 2.84. The van der Waals surface area contributed by atoms with Crippen molar-refractivity contribution in [3.8, 4) is 0 Å². The number of halogens is 2. The third-order valence-corrected chi connectivity index (χ3v) is 3.07. The second kappa shape index (κ2) is 5.46. The largest absolute Gasteiger partial charge is 0.388 e. The molecule has 0 bridgehead atoms. The van der Waals surface area contributed by atoms with Crippen LogP contribution in [-0.2, 0) is 6.42 Å². The summed E-state index contributed by atoms with van der Waals surface area (Å²) in [6.07, 6.45) is 1.10. The van der Waals surface area contributed by atoms with E-state index in [4.69, 9.17) is 11.6 Å². The highest BCUT2D eigenvalue weighted by Crippen LogP contribution is 2.23. The zero-order valence-corrected chi connectivity index (χ0v) is 10.7. The van der Waals surface area contributed by atoms with Crippen molar-refractivity contribution in [1.29, 1.82) is 0 Å². The van der Waals surface area contributed by atoms with E-state index in [9.17, 15) is 9.50 Å². The summed E-state index contributed by atoms with van der Waals surface area (Å²) in [5, 5.41) is 10.5. The maximum Gasteiger partial charge on any atom is 0.127 e. The normalized spacial score (nSPS) is 12.4. The molecule has 1 aromatic heterocycles. The smallest absolute Gasteiger partial charge is 0.127 e. The Bertz CT molecular complexity index is 559. The highest BCUT2D eigenvalue weighted by Gasteiger charge is 2.14. The van der Waals surface area contributed by atoms with Crippen molar-refractivity contribution in [3.63, 3.8) is 0 Å². The second-order valence-electron chi connectivity index (χ2n) is 4.13. The van der Waals surface area contributed by atoms with E-state index in [1.165, 1.54) is 6.07 Å². The summed E-state index contributed by atoms with van der Waals surface area (Å²) in [5.41, 5.74) is 1.90. The topological polar surface area (TPSA) is 33.1 Å². The molecule has 0 aliphatic rings. The fourth-order valence-corrected chi connectivity index (χ4v) is 2.01. The first-order chi connectivity index (χ1) is 8.58. The molecule has 2 nitrogen and oxygen atoms in total. The van der Waals surface area contributed by atoms with Crippen LogP contribution in [0.15, 0.2) is 36.5 Å². The number of aryl methyl sites for hydroxylation is 1. The van der Waals surface area contributed by atoms with Gasteiger partial charge in [0.1, 0.15) is 5.82 Å². The van der Waals surface area contributed by atoms with Crippen LogP contribution in [0.5, 0.6) is 0 Å². The summed E-state index contributed by atoms with van der Waals surface area (Å²) in [4.78, 5) is 4.10. The number of aliphatic hydroxyl groups is 1. The van der Waals surface area contributed by atoms with Crippen LogP contribution in [0.4, 0.5) is 4.39 Å². The van der Waals surface area contributed by atoms with Gasteiger partial charge in [-0.2, -0.15) is 0 Å². The molecule has 0 spiro atoms. The highest BCUT2D eigenvalue weighted by atomic mass is 35.5. The maximum atomic E-state index is 13.6. The summed E-state index contributed by atoms with van der Waals surface area (Å²) in [6.45, 7) is 1.82. The third kappa shape index (κ3) is 2.86. The number of aromatic nitrogens is 1. The van der Waals surface area contributed by atoms with Crippen LogP contribution < -0.4 is 0 Å². The van der Waals surface area contributed by atoms with Crippen LogP contribution in [-0.4, -0.2) is 10.1 Å². The number of benzene rings is 1. The minimum absolute atomic E-state index is 0.204. The van der Waals surface area contributed by atoms with Crippen molar-refractivity contribution in [2.24, 2.45) is 0 Å². The molecule has 0 amide bonds. The molecule has 4 heteroatoms. The van der Waals surface area contributed by atoms with E-state index >= 15 is 0 Å². The van der Waals surface area contributed by atoms with Crippen molar-refractivity contribution in [1.82, 2.24) is 4.98 Å². The minimum Gasteiger partial charge on any atom is -0.388 e. The standard InChI is InChI=1S/C14H13ClFNO/c1-9-12(3-2-6-17-9)14(18)7-10-4-5-11(15)8-13(10)16/h2-6,8,14,18H,7H2,1H3. The van der Waals surface area contributed by atoms with E-state index in [-0.39, 0.29) is 6.42 Å². The monoisotopic (exact) mass is 265 g/mol. The van der Waals surface area contributed by atoms with Gasteiger partial charge in [0.25, 0.3) is 0 Å². The quantitative estimate of drug-likeness (QED) is 0.922. The average Bonchev–Trinajstić information content (AvgIpc) is 2.33. The van der Waals surface area contributed by atoms with Gasteiger partial charge in [-0.1, -0.05) is 23.7 Å². The molecule has 0 saturated heterocycles. The Hall–Kier alpha value is -1.45. The molecule has 2 aromatic rings. The van der Waals surface area contributed by atoms with Crippen molar-refractivity contribution in [2.75, 3.05) is 0 Å². The molecule has 0 aliphatic carbocycles. The Morgan fingerprint density at radius 2 is 2.17 bits per heavy atom. The van der Waals surface area contributed by atoms with Gasteiger partial charge in [-0.25, -0.2) is 4.39 Å². The number of rotatable bonds is 3. The SMILES string of the molecule is Cc1ncccc1C(O)Cc1ccc(Cl)cc1F. The molecule has 94 valence electrons. The van der Waals surface area contributed by atoms with E-state index < -0.39 is 11.9 Å². The predicted molar refractivity (Wildman–Crippen MR) is 69.0 cm³/mol. The molecule has 1 atom stereocenters. The molecule has 1 unspecified atom stereocenters. The number of aliphatic hydroxyl groups excluding tert-OH is 1. The first-order valence-electron chi connectivity index (χ1n) is 5.61. The second-order valence-corrected chi connectivity index (χ2v) is 4.57.